The fourth-order valence-electron chi connectivity index (χ4n) is 2.30. The molecule has 2 aromatic rings. The number of carbonyl (C=O) groups excluding carboxylic acids is 1. The van der Waals surface area contributed by atoms with Gasteiger partial charge in [-0.05, 0) is 36.4 Å². The number of ether oxygens (including phenoxy) is 1. The summed E-state index contributed by atoms with van der Waals surface area (Å²) >= 11 is 5.92. The summed E-state index contributed by atoms with van der Waals surface area (Å²) in [7, 11) is 1.72. The second-order valence-electron chi connectivity index (χ2n) is 5.77. The van der Waals surface area contributed by atoms with Crippen LogP contribution in [0.1, 0.15) is 16.1 Å². The van der Waals surface area contributed by atoms with Gasteiger partial charge in [-0.1, -0.05) is 23.7 Å². The van der Waals surface area contributed by atoms with Crippen molar-refractivity contribution in [3.8, 4) is 5.75 Å². The third kappa shape index (κ3) is 4.62. The van der Waals surface area contributed by atoms with Crippen LogP contribution < -0.4 is 10.1 Å². The van der Waals surface area contributed by atoms with Gasteiger partial charge in [0.05, 0.1) is 5.70 Å². The number of likely N-dealkylation sites (N-methyl/N-ethyl adjacent to an activating group) is 1. The molecule has 1 aliphatic rings. The van der Waals surface area contributed by atoms with Gasteiger partial charge in [-0.25, -0.2) is 0 Å². The van der Waals surface area contributed by atoms with Crippen LogP contribution in [0.4, 0.5) is 0 Å². The van der Waals surface area contributed by atoms with Crippen molar-refractivity contribution in [1.82, 2.24) is 15.2 Å². The molecule has 1 aromatic heterocycles. The normalized spacial score (nSPS) is 16.2. The summed E-state index contributed by atoms with van der Waals surface area (Å²) in [6.45, 7) is 0.325. The van der Waals surface area contributed by atoms with Crippen LogP contribution in [-0.4, -0.2) is 34.2 Å². The molecule has 3 rings (SSSR count). The van der Waals surface area contributed by atoms with Crippen molar-refractivity contribution in [2.45, 2.75) is 12.8 Å². The molecule has 0 saturated heterocycles. The zero-order valence-corrected chi connectivity index (χ0v) is 14.8. The largest absolute Gasteiger partial charge is 0.489 e. The van der Waals surface area contributed by atoms with Gasteiger partial charge in [0.1, 0.15) is 24.3 Å². The molecule has 1 aromatic carbocycles. The number of nitrogens with zero attached hydrogens (tertiary/aromatic N) is 2. The van der Waals surface area contributed by atoms with Crippen molar-refractivity contribution in [2.24, 2.45) is 0 Å². The molecule has 1 aliphatic heterocycles. The summed E-state index contributed by atoms with van der Waals surface area (Å²) in [5.41, 5.74) is 1.71. The van der Waals surface area contributed by atoms with Crippen molar-refractivity contribution in [1.29, 1.82) is 0 Å². The third-order valence-electron chi connectivity index (χ3n) is 3.72. The lowest BCUT2D eigenvalue weighted by Gasteiger charge is -2.23. The minimum absolute atomic E-state index is 0.291. The number of pyridine rings is 1. The Hall–Kier alpha value is -2.83. The topological polar surface area (TPSA) is 74.7 Å². The number of aliphatic hydroxyl groups excluding tert-OH is 1. The molecule has 134 valence electrons. The molecule has 0 saturated carbocycles. The van der Waals surface area contributed by atoms with Crippen LogP contribution >= 0.6 is 11.6 Å². The average molecular weight is 372 g/mol. The number of amides is 1. The first-order valence-electron chi connectivity index (χ1n) is 7.96. The van der Waals surface area contributed by atoms with E-state index in [9.17, 15) is 9.90 Å². The van der Waals surface area contributed by atoms with Gasteiger partial charge >= 0.3 is 0 Å². The van der Waals surface area contributed by atoms with Crippen molar-refractivity contribution >= 4 is 17.5 Å². The van der Waals surface area contributed by atoms with E-state index in [1.807, 2.05) is 12.1 Å². The highest BCUT2D eigenvalue weighted by molar-refractivity contribution is 6.30. The summed E-state index contributed by atoms with van der Waals surface area (Å²) in [6, 6.07) is 10.6. The number of nitrogens with one attached hydrogen (secondary N) is 1. The number of benzene rings is 1. The van der Waals surface area contributed by atoms with Crippen LogP contribution in [0.15, 0.2) is 66.6 Å². The van der Waals surface area contributed by atoms with E-state index in [0.717, 1.165) is 5.56 Å². The average Bonchev–Trinajstić information content (AvgIpc) is 2.63. The highest BCUT2D eigenvalue weighted by atomic mass is 35.5. The first kappa shape index (κ1) is 18.0. The predicted molar refractivity (Wildman–Crippen MR) is 98.5 cm³/mol. The molecule has 2 N–H and O–H groups in total. The molecule has 26 heavy (non-hydrogen) atoms. The molecule has 0 bridgehead atoms. The number of rotatable bonds is 5. The zero-order valence-electron chi connectivity index (χ0n) is 14.1. The van der Waals surface area contributed by atoms with Crippen LogP contribution in [0.5, 0.6) is 5.75 Å². The highest BCUT2D eigenvalue weighted by Gasteiger charge is 2.13. The Labute approximate surface area is 156 Å². The number of hydrogen-bond donors (Lipinski definition) is 2. The fourth-order valence-corrected chi connectivity index (χ4v) is 2.48. The molecule has 0 spiro atoms. The Morgan fingerprint density at radius 2 is 2.23 bits per heavy atom. The number of allylic oxidation sites excluding steroid dienone is 1. The summed E-state index contributed by atoms with van der Waals surface area (Å²) in [6.07, 6.45) is 5.79. The van der Waals surface area contributed by atoms with E-state index >= 15 is 0 Å². The van der Waals surface area contributed by atoms with E-state index in [1.54, 1.807) is 60.8 Å². The third-order valence-corrected chi connectivity index (χ3v) is 3.96. The lowest BCUT2D eigenvalue weighted by Crippen LogP contribution is -2.31. The van der Waals surface area contributed by atoms with Crippen molar-refractivity contribution < 1.29 is 14.6 Å². The van der Waals surface area contributed by atoms with Crippen LogP contribution in [0.25, 0.3) is 0 Å². The lowest BCUT2D eigenvalue weighted by molar-refractivity contribution is 0.0914. The molecule has 2 heterocycles. The molecule has 1 unspecified atom stereocenters. The molecule has 6 nitrogen and oxygen atoms in total. The fraction of sp³-hybridized carbons (Fsp3) is 0.158. The van der Waals surface area contributed by atoms with Crippen LogP contribution in [0.3, 0.4) is 0 Å². The Morgan fingerprint density at radius 3 is 2.92 bits per heavy atom. The van der Waals surface area contributed by atoms with E-state index in [4.69, 9.17) is 16.3 Å². The molecule has 1 atom stereocenters. The highest BCUT2D eigenvalue weighted by Crippen LogP contribution is 2.18. The van der Waals surface area contributed by atoms with Crippen LogP contribution in [0.2, 0.25) is 5.02 Å². The van der Waals surface area contributed by atoms with E-state index in [2.05, 4.69) is 10.3 Å². The summed E-state index contributed by atoms with van der Waals surface area (Å²) in [5, 5.41) is 12.9. The van der Waals surface area contributed by atoms with Gasteiger partial charge in [-0.3, -0.25) is 9.78 Å². The summed E-state index contributed by atoms with van der Waals surface area (Å²) in [4.78, 5) is 18.0. The van der Waals surface area contributed by atoms with Crippen molar-refractivity contribution in [2.75, 3.05) is 7.05 Å². The summed E-state index contributed by atoms with van der Waals surface area (Å²) in [5.74, 6) is 0.342. The number of aliphatic hydroxyl groups is 1. The van der Waals surface area contributed by atoms with Crippen LogP contribution in [0, 0.1) is 0 Å². The minimum Gasteiger partial charge on any atom is -0.489 e. The standard InChI is InChI=1S/C19H18ClN3O3/c1-23-11-15(6-8-18(23)24)22-19(25)17-7-5-13(10-21-17)12-26-16-4-2-3-14(20)9-16/h2-11,18,24H,12H2,1H3,(H,22,25). The van der Waals surface area contributed by atoms with Gasteiger partial charge in [0.25, 0.3) is 5.91 Å². The minimum atomic E-state index is -0.687. The molecule has 0 aliphatic carbocycles. The Bertz CT molecular complexity index is 849. The molecular formula is C19H18ClN3O3. The lowest BCUT2D eigenvalue weighted by atomic mass is 10.2. The monoisotopic (exact) mass is 371 g/mol. The first-order chi connectivity index (χ1) is 12.5. The van der Waals surface area contributed by atoms with Gasteiger partial charge in [0.15, 0.2) is 0 Å². The predicted octanol–water partition coefficient (Wildman–Crippen LogP) is 2.71. The van der Waals surface area contributed by atoms with Gasteiger partial charge in [-0.2, -0.15) is 0 Å². The molecule has 0 fully saturated rings. The Morgan fingerprint density at radius 1 is 1.38 bits per heavy atom. The second kappa shape index (κ2) is 8.03. The van der Waals surface area contributed by atoms with Crippen molar-refractivity contribution in [3.63, 3.8) is 0 Å². The summed E-state index contributed by atoms with van der Waals surface area (Å²) < 4.78 is 5.64. The van der Waals surface area contributed by atoms with Crippen LogP contribution in [-0.2, 0) is 6.61 Å². The van der Waals surface area contributed by atoms with Crippen molar-refractivity contribution in [3.05, 3.63) is 82.9 Å². The maximum Gasteiger partial charge on any atom is 0.274 e. The van der Waals surface area contributed by atoms with E-state index in [1.165, 1.54) is 0 Å². The van der Waals surface area contributed by atoms with Gasteiger partial charge in [0.2, 0.25) is 0 Å². The van der Waals surface area contributed by atoms with Gasteiger partial charge in [-0.15, -0.1) is 0 Å². The number of hydrogen-bond acceptors (Lipinski definition) is 5. The van der Waals surface area contributed by atoms with Gasteiger partial charge in [0, 0.05) is 30.0 Å². The number of halogens is 1. The molecule has 1 amide bonds. The Kier molecular flexibility index (Phi) is 5.55. The number of carbonyl (C=O) groups is 1. The molecule has 0 radical (unpaired) electrons. The van der Waals surface area contributed by atoms with Gasteiger partial charge < -0.3 is 20.1 Å². The first-order valence-corrected chi connectivity index (χ1v) is 8.34. The SMILES string of the molecule is CN1C=C(NC(=O)c2ccc(COc3cccc(Cl)c3)cn2)C=CC1O. The number of aromatic nitrogens is 1. The maximum atomic E-state index is 12.3. The molecule has 7 heteroatoms. The Balaban J connectivity index is 1.58. The zero-order chi connectivity index (χ0) is 18.5. The quantitative estimate of drug-likeness (QED) is 0.845. The van der Waals surface area contributed by atoms with E-state index < -0.39 is 6.23 Å². The van der Waals surface area contributed by atoms with E-state index in [0.29, 0.717) is 28.8 Å². The second-order valence-corrected chi connectivity index (χ2v) is 6.21. The molecular weight excluding hydrogens is 354 g/mol. The van der Waals surface area contributed by atoms with E-state index in [-0.39, 0.29) is 5.91 Å². The maximum absolute atomic E-state index is 12.3. The smallest absolute Gasteiger partial charge is 0.274 e.